The Morgan fingerprint density at radius 2 is 2.07 bits per heavy atom. The van der Waals surface area contributed by atoms with Gasteiger partial charge in [0.15, 0.2) is 5.78 Å². The highest BCUT2D eigenvalue weighted by Crippen LogP contribution is 2.24. The van der Waals surface area contributed by atoms with Crippen LogP contribution in [0.15, 0.2) is 24.3 Å². The number of nitrogens with zero attached hydrogens (tertiary/aromatic N) is 2. The van der Waals surface area contributed by atoms with E-state index in [0.717, 1.165) is 24.2 Å². The Morgan fingerprint density at radius 3 is 2.85 bits per heavy atom. The van der Waals surface area contributed by atoms with E-state index in [-0.39, 0.29) is 18.3 Å². The zero-order valence-electron chi connectivity index (χ0n) is 16.1. The second kappa shape index (κ2) is 8.93. The molecule has 27 heavy (non-hydrogen) atoms. The zero-order chi connectivity index (χ0) is 19.3. The Bertz CT molecular complexity index is 680. The van der Waals surface area contributed by atoms with Gasteiger partial charge in [-0.25, -0.2) is 0 Å². The van der Waals surface area contributed by atoms with Crippen molar-refractivity contribution in [2.45, 2.75) is 19.1 Å². The van der Waals surface area contributed by atoms with Gasteiger partial charge in [-0.05, 0) is 18.6 Å². The Labute approximate surface area is 160 Å². The van der Waals surface area contributed by atoms with Gasteiger partial charge >= 0.3 is 0 Å². The summed E-state index contributed by atoms with van der Waals surface area (Å²) in [5.74, 6) is 0.0250. The van der Waals surface area contributed by atoms with E-state index in [1.54, 1.807) is 11.8 Å². The molecule has 1 amide bonds. The third-order valence-corrected chi connectivity index (χ3v) is 5.04. The lowest BCUT2D eigenvalue weighted by molar-refractivity contribution is -0.154. The molecule has 1 spiro atoms. The van der Waals surface area contributed by atoms with E-state index >= 15 is 0 Å². The summed E-state index contributed by atoms with van der Waals surface area (Å²) in [6.45, 7) is 6.46. The van der Waals surface area contributed by atoms with Crippen LogP contribution in [0.3, 0.4) is 0 Å². The van der Waals surface area contributed by atoms with Crippen molar-refractivity contribution in [2.24, 2.45) is 0 Å². The van der Waals surface area contributed by atoms with Gasteiger partial charge < -0.3 is 19.1 Å². The molecule has 2 aliphatic heterocycles. The average molecular weight is 376 g/mol. The molecule has 0 saturated carbocycles. The van der Waals surface area contributed by atoms with Gasteiger partial charge in [-0.3, -0.25) is 14.5 Å². The van der Waals surface area contributed by atoms with Crippen molar-refractivity contribution in [3.8, 4) is 0 Å². The molecule has 7 heteroatoms. The summed E-state index contributed by atoms with van der Waals surface area (Å²) in [5.41, 5.74) is 1.29. The number of methoxy groups -OCH3 is 1. The van der Waals surface area contributed by atoms with Crippen LogP contribution in [-0.4, -0.2) is 86.8 Å². The van der Waals surface area contributed by atoms with Crippen molar-refractivity contribution in [2.75, 3.05) is 59.7 Å². The largest absolute Gasteiger partial charge is 0.376 e. The summed E-state index contributed by atoms with van der Waals surface area (Å²) in [6.07, 6.45) is 0. The lowest BCUT2D eigenvalue weighted by Crippen LogP contribution is -2.59. The summed E-state index contributed by atoms with van der Waals surface area (Å²) < 4.78 is 16.9. The number of amides is 1. The van der Waals surface area contributed by atoms with Crippen molar-refractivity contribution in [1.29, 1.82) is 0 Å². The highest BCUT2D eigenvalue weighted by atomic mass is 16.5. The molecule has 0 N–H and O–H groups in total. The second-order valence-corrected chi connectivity index (χ2v) is 7.30. The molecular weight excluding hydrogens is 348 g/mol. The van der Waals surface area contributed by atoms with E-state index in [2.05, 4.69) is 4.90 Å². The van der Waals surface area contributed by atoms with Crippen LogP contribution in [0.4, 0.5) is 0 Å². The smallest absolute Gasteiger partial charge is 0.248 e. The van der Waals surface area contributed by atoms with Crippen LogP contribution in [0.2, 0.25) is 0 Å². The van der Waals surface area contributed by atoms with Crippen LogP contribution in [0.5, 0.6) is 0 Å². The minimum Gasteiger partial charge on any atom is -0.376 e. The molecule has 1 aromatic rings. The molecule has 2 heterocycles. The highest BCUT2D eigenvalue weighted by molar-refractivity contribution is 5.94. The molecule has 0 aromatic heterocycles. The number of hydrogen-bond donors (Lipinski definition) is 0. The molecule has 0 radical (unpaired) electrons. The molecule has 2 fully saturated rings. The second-order valence-electron chi connectivity index (χ2n) is 7.30. The lowest BCUT2D eigenvalue weighted by Gasteiger charge is -2.43. The lowest BCUT2D eigenvalue weighted by atomic mass is 10.0. The third kappa shape index (κ3) is 5.13. The maximum absolute atomic E-state index is 12.3. The van der Waals surface area contributed by atoms with Gasteiger partial charge in [-0.2, -0.15) is 0 Å². The molecule has 0 bridgehead atoms. The summed E-state index contributed by atoms with van der Waals surface area (Å²) in [7, 11) is 1.52. The fourth-order valence-corrected chi connectivity index (χ4v) is 3.72. The van der Waals surface area contributed by atoms with Crippen LogP contribution < -0.4 is 0 Å². The zero-order valence-corrected chi connectivity index (χ0v) is 16.1. The molecule has 148 valence electrons. The Kier molecular flexibility index (Phi) is 6.59. The van der Waals surface area contributed by atoms with Crippen molar-refractivity contribution >= 4 is 11.7 Å². The average Bonchev–Trinajstić information content (AvgIpc) is 2.85. The fourth-order valence-electron chi connectivity index (χ4n) is 3.72. The number of morpholine rings is 1. The molecule has 1 aromatic carbocycles. The molecule has 2 aliphatic rings. The molecular formula is C20H28N2O5. The van der Waals surface area contributed by atoms with Gasteiger partial charge in [-0.15, -0.1) is 0 Å². The van der Waals surface area contributed by atoms with Gasteiger partial charge in [0.2, 0.25) is 5.91 Å². The number of ketones is 1. The topological polar surface area (TPSA) is 68.3 Å². The molecule has 0 aliphatic carbocycles. The minimum absolute atomic E-state index is 0.0442. The summed E-state index contributed by atoms with van der Waals surface area (Å²) in [5, 5.41) is 0. The predicted molar refractivity (Wildman–Crippen MR) is 99.7 cm³/mol. The van der Waals surface area contributed by atoms with E-state index in [0.29, 0.717) is 39.5 Å². The Morgan fingerprint density at radius 1 is 1.22 bits per heavy atom. The number of benzene rings is 1. The number of carbonyl (C=O) groups excluding carboxylic acids is 2. The monoisotopic (exact) mass is 376 g/mol. The quantitative estimate of drug-likeness (QED) is 0.714. The van der Waals surface area contributed by atoms with Gasteiger partial charge in [0.05, 0.1) is 26.4 Å². The van der Waals surface area contributed by atoms with Crippen LogP contribution in [0.25, 0.3) is 0 Å². The molecule has 0 unspecified atom stereocenters. The highest BCUT2D eigenvalue weighted by Gasteiger charge is 2.41. The number of ether oxygens (including phenoxy) is 3. The maximum Gasteiger partial charge on any atom is 0.248 e. The summed E-state index contributed by atoms with van der Waals surface area (Å²) in [4.78, 5) is 28.0. The molecule has 3 rings (SSSR count). The number of carbonyl (C=O) groups is 2. The Balaban J connectivity index is 1.69. The first-order valence-corrected chi connectivity index (χ1v) is 9.32. The normalized spacial score (nSPS) is 24.0. The fraction of sp³-hybridized carbons (Fsp3) is 0.600. The number of rotatable bonds is 5. The third-order valence-electron chi connectivity index (χ3n) is 5.04. The molecule has 2 saturated heterocycles. The maximum atomic E-state index is 12.3. The van der Waals surface area contributed by atoms with Gasteiger partial charge in [0.25, 0.3) is 0 Å². The van der Waals surface area contributed by atoms with Crippen molar-refractivity contribution in [1.82, 2.24) is 9.80 Å². The van der Waals surface area contributed by atoms with Crippen LogP contribution in [0.1, 0.15) is 22.8 Å². The number of hydrogen-bond acceptors (Lipinski definition) is 6. The first kappa shape index (κ1) is 19.9. The van der Waals surface area contributed by atoms with Gasteiger partial charge in [0.1, 0.15) is 12.2 Å². The van der Waals surface area contributed by atoms with Gasteiger partial charge in [-0.1, -0.05) is 18.2 Å². The molecule has 1 atom stereocenters. The SMILES string of the molecule is COCC(=O)N1CCOC[C@@]2(CN(Cc3cccc(C(C)=O)c3)CCO2)C1. The first-order valence-electron chi connectivity index (χ1n) is 9.32. The minimum atomic E-state index is -0.531. The number of Topliss-reactive ketones (excluding diaryl/α,β-unsaturated/α-hetero) is 1. The summed E-state index contributed by atoms with van der Waals surface area (Å²) >= 11 is 0. The van der Waals surface area contributed by atoms with Crippen LogP contribution >= 0.6 is 0 Å². The van der Waals surface area contributed by atoms with Crippen LogP contribution in [0, 0.1) is 0 Å². The van der Waals surface area contributed by atoms with E-state index in [1.165, 1.54) is 7.11 Å². The first-order chi connectivity index (χ1) is 13.0. The van der Waals surface area contributed by atoms with E-state index < -0.39 is 5.60 Å². The molecule has 7 nitrogen and oxygen atoms in total. The van der Waals surface area contributed by atoms with Crippen molar-refractivity contribution < 1.29 is 23.8 Å². The standard InChI is InChI=1S/C20H28N2O5/c1-16(23)18-5-3-4-17(10-18)11-21-6-9-27-20(13-21)14-22(7-8-26-15-20)19(24)12-25-2/h3-5,10H,6-9,11-15H2,1-2H3/t20-/m1/s1. The van der Waals surface area contributed by atoms with E-state index in [4.69, 9.17) is 14.2 Å². The van der Waals surface area contributed by atoms with Gasteiger partial charge in [0, 0.05) is 38.9 Å². The predicted octanol–water partition coefficient (Wildman–Crippen LogP) is 0.965. The Hall–Kier alpha value is -1.80. The van der Waals surface area contributed by atoms with Crippen molar-refractivity contribution in [3.63, 3.8) is 0 Å². The van der Waals surface area contributed by atoms with E-state index in [9.17, 15) is 9.59 Å². The van der Waals surface area contributed by atoms with E-state index in [1.807, 2.05) is 24.3 Å². The van der Waals surface area contributed by atoms with Crippen molar-refractivity contribution in [3.05, 3.63) is 35.4 Å². The summed E-state index contributed by atoms with van der Waals surface area (Å²) in [6, 6.07) is 7.74. The van der Waals surface area contributed by atoms with Crippen LogP contribution in [-0.2, 0) is 25.5 Å².